The zero-order chi connectivity index (χ0) is 15.8. The number of benzene rings is 1. The van der Waals surface area contributed by atoms with Gasteiger partial charge < -0.3 is 14.8 Å². The summed E-state index contributed by atoms with van der Waals surface area (Å²) < 4.78 is 33.6. The molecule has 0 fully saturated rings. The van der Waals surface area contributed by atoms with E-state index in [2.05, 4.69) is 16.6 Å². The van der Waals surface area contributed by atoms with Crippen molar-refractivity contribution in [2.45, 2.75) is 19.6 Å². The highest BCUT2D eigenvalue weighted by atomic mass is 19.3. The molecule has 1 aromatic carbocycles. The minimum absolute atomic E-state index is 0.179. The molecule has 1 aromatic rings. The number of nitrogens with one attached hydrogen (secondary N) is 1. The molecule has 0 heterocycles. The van der Waals surface area contributed by atoms with Crippen LogP contribution in [0.25, 0.3) is 0 Å². The summed E-state index contributed by atoms with van der Waals surface area (Å²) >= 11 is 0. The molecule has 7 heteroatoms. The van der Waals surface area contributed by atoms with Gasteiger partial charge >= 0.3 is 12.6 Å². The maximum absolute atomic E-state index is 12.2. The largest absolute Gasteiger partial charge is 0.449 e. The van der Waals surface area contributed by atoms with Crippen molar-refractivity contribution >= 4 is 11.9 Å². The number of ether oxygens (including phenoxy) is 2. The number of alkyl halides is 2. The third-order valence-corrected chi connectivity index (χ3v) is 2.40. The molecular weight excluding hydrogens is 284 g/mol. The topological polar surface area (TPSA) is 64.6 Å². The van der Waals surface area contributed by atoms with Crippen molar-refractivity contribution < 1.29 is 27.8 Å². The van der Waals surface area contributed by atoms with Gasteiger partial charge in [-0.1, -0.05) is 18.2 Å². The molecule has 0 aliphatic rings. The normalized spacial score (nSPS) is 11.6. The lowest BCUT2D eigenvalue weighted by Crippen LogP contribution is -2.35. The molecule has 1 rings (SSSR count). The number of halogens is 2. The lowest BCUT2D eigenvalue weighted by atomic mass is 10.2. The number of hydrogen-bond donors (Lipinski definition) is 1. The van der Waals surface area contributed by atoms with Gasteiger partial charge in [0, 0.05) is 6.54 Å². The fourth-order valence-corrected chi connectivity index (χ4v) is 1.43. The molecule has 0 radical (unpaired) electrons. The van der Waals surface area contributed by atoms with Gasteiger partial charge in [0.05, 0.1) is 0 Å². The highest BCUT2D eigenvalue weighted by Gasteiger charge is 2.21. The summed E-state index contributed by atoms with van der Waals surface area (Å²) in [7, 11) is 0. The van der Waals surface area contributed by atoms with E-state index < -0.39 is 24.6 Å². The van der Waals surface area contributed by atoms with E-state index in [1.807, 2.05) is 0 Å². The molecule has 114 valence electrons. The highest BCUT2D eigenvalue weighted by Crippen LogP contribution is 2.21. The predicted molar refractivity (Wildman–Crippen MR) is 71.2 cm³/mol. The predicted octanol–water partition coefficient (Wildman–Crippen LogP) is 2.14. The molecule has 0 aliphatic heterocycles. The van der Waals surface area contributed by atoms with E-state index in [0.29, 0.717) is 0 Å². The smallest absolute Gasteiger partial charge is 0.387 e. The van der Waals surface area contributed by atoms with Gasteiger partial charge in [-0.25, -0.2) is 4.79 Å². The average molecular weight is 299 g/mol. The van der Waals surface area contributed by atoms with E-state index in [0.717, 1.165) is 0 Å². The first-order valence-electron chi connectivity index (χ1n) is 6.09. The van der Waals surface area contributed by atoms with Gasteiger partial charge in [0.1, 0.15) is 11.3 Å². The molecule has 0 saturated carbocycles. The van der Waals surface area contributed by atoms with Gasteiger partial charge in [-0.05, 0) is 19.1 Å². The summed E-state index contributed by atoms with van der Waals surface area (Å²) in [5.74, 6) is -1.75. The minimum Gasteiger partial charge on any atom is -0.449 e. The highest BCUT2D eigenvalue weighted by molar-refractivity contribution is 5.94. The lowest BCUT2D eigenvalue weighted by molar-refractivity contribution is -0.128. The van der Waals surface area contributed by atoms with Crippen LogP contribution < -0.4 is 10.1 Å². The van der Waals surface area contributed by atoms with Crippen molar-refractivity contribution in [2.75, 3.05) is 6.54 Å². The second-order valence-corrected chi connectivity index (χ2v) is 3.96. The summed E-state index contributed by atoms with van der Waals surface area (Å²) in [4.78, 5) is 23.4. The molecule has 0 aromatic heterocycles. The van der Waals surface area contributed by atoms with Crippen LogP contribution >= 0.6 is 0 Å². The summed E-state index contributed by atoms with van der Waals surface area (Å²) in [6.07, 6.45) is 0.398. The van der Waals surface area contributed by atoms with Crippen molar-refractivity contribution in [3.63, 3.8) is 0 Å². The Labute approximate surface area is 120 Å². The summed E-state index contributed by atoms with van der Waals surface area (Å²) in [6.45, 7) is 1.96. The zero-order valence-electron chi connectivity index (χ0n) is 11.3. The second-order valence-electron chi connectivity index (χ2n) is 3.96. The van der Waals surface area contributed by atoms with Crippen LogP contribution in [0.15, 0.2) is 36.9 Å². The Morgan fingerprint density at radius 3 is 2.67 bits per heavy atom. The van der Waals surface area contributed by atoms with Crippen LogP contribution in [0.4, 0.5) is 8.78 Å². The average Bonchev–Trinajstić information content (AvgIpc) is 2.44. The van der Waals surface area contributed by atoms with Crippen LogP contribution in [0.2, 0.25) is 0 Å². The number of para-hydroxylation sites is 1. The van der Waals surface area contributed by atoms with Crippen molar-refractivity contribution in [1.82, 2.24) is 5.32 Å². The van der Waals surface area contributed by atoms with Crippen LogP contribution in [-0.4, -0.2) is 31.1 Å². The molecule has 0 saturated heterocycles. The van der Waals surface area contributed by atoms with Crippen LogP contribution in [0.5, 0.6) is 5.75 Å². The van der Waals surface area contributed by atoms with Crippen LogP contribution in [-0.2, 0) is 9.53 Å². The number of carbonyl (C=O) groups is 2. The standard InChI is InChI=1S/C14H15F2NO4/c1-3-8-17-12(18)9(2)20-13(19)10-6-4-5-7-11(10)21-14(15)16/h3-7,9,14H,1,8H2,2H3,(H,17,18). The third kappa shape index (κ3) is 5.21. The molecule has 5 nitrogen and oxygen atoms in total. The van der Waals surface area contributed by atoms with Gasteiger partial charge in [0.2, 0.25) is 0 Å². The van der Waals surface area contributed by atoms with Gasteiger partial charge in [-0.3, -0.25) is 4.79 Å². The molecule has 1 amide bonds. The van der Waals surface area contributed by atoms with Crippen LogP contribution in [0.1, 0.15) is 17.3 Å². The number of carbonyl (C=O) groups excluding carboxylic acids is 2. The molecule has 1 atom stereocenters. The van der Waals surface area contributed by atoms with E-state index >= 15 is 0 Å². The van der Waals surface area contributed by atoms with Gasteiger partial charge in [-0.15, -0.1) is 6.58 Å². The van der Waals surface area contributed by atoms with E-state index in [4.69, 9.17) is 4.74 Å². The van der Waals surface area contributed by atoms with E-state index in [-0.39, 0.29) is 17.9 Å². The number of amides is 1. The van der Waals surface area contributed by atoms with Crippen LogP contribution in [0, 0.1) is 0 Å². The van der Waals surface area contributed by atoms with Crippen molar-refractivity contribution in [1.29, 1.82) is 0 Å². The van der Waals surface area contributed by atoms with E-state index in [9.17, 15) is 18.4 Å². The number of hydrogen-bond acceptors (Lipinski definition) is 4. The maximum Gasteiger partial charge on any atom is 0.387 e. The Balaban J connectivity index is 2.75. The molecule has 1 N–H and O–H groups in total. The Morgan fingerprint density at radius 2 is 2.05 bits per heavy atom. The zero-order valence-corrected chi connectivity index (χ0v) is 11.3. The van der Waals surface area contributed by atoms with Crippen molar-refractivity contribution in [2.24, 2.45) is 0 Å². The lowest BCUT2D eigenvalue weighted by Gasteiger charge is -2.14. The fraction of sp³-hybridized carbons (Fsp3) is 0.286. The molecular formula is C14H15F2NO4. The van der Waals surface area contributed by atoms with Crippen molar-refractivity contribution in [3.8, 4) is 5.75 Å². The summed E-state index contributed by atoms with van der Waals surface area (Å²) in [5.41, 5.74) is -0.179. The Bertz CT molecular complexity index is 519. The molecule has 0 spiro atoms. The van der Waals surface area contributed by atoms with Gasteiger partial charge in [0.15, 0.2) is 6.10 Å². The number of esters is 1. The van der Waals surface area contributed by atoms with Crippen molar-refractivity contribution in [3.05, 3.63) is 42.5 Å². The second kappa shape index (κ2) is 7.98. The quantitative estimate of drug-likeness (QED) is 0.619. The molecule has 21 heavy (non-hydrogen) atoms. The van der Waals surface area contributed by atoms with Gasteiger partial charge in [-0.2, -0.15) is 8.78 Å². The summed E-state index contributed by atoms with van der Waals surface area (Å²) in [5, 5.41) is 2.45. The monoisotopic (exact) mass is 299 g/mol. The fourth-order valence-electron chi connectivity index (χ4n) is 1.43. The van der Waals surface area contributed by atoms with Crippen LogP contribution in [0.3, 0.4) is 0 Å². The SMILES string of the molecule is C=CCNC(=O)C(C)OC(=O)c1ccccc1OC(F)F. The maximum atomic E-state index is 12.2. The van der Waals surface area contributed by atoms with E-state index in [1.165, 1.54) is 37.3 Å². The Morgan fingerprint density at radius 1 is 1.38 bits per heavy atom. The minimum atomic E-state index is -3.06. The summed E-state index contributed by atoms with van der Waals surface area (Å²) in [6, 6.07) is 5.39. The third-order valence-electron chi connectivity index (χ3n) is 2.40. The van der Waals surface area contributed by atoms with E-state index in [1.54, 1.807) is 0 Å². The Hall–Kier alpha value is -2.44. The first-order valence-corrected chi connectivity index (χ1v) is 6.09. The van der Waals surface area contributed by atoms with Gasteiger partial charge in [0.25, 0.3) is 5.91 Å². The molecule has 0 bridgehead atoms. The first kappa shape index (κ1) is 16.6. The Kier molecular flexibility index (Phi) is 6.32. The molecule has 0 aliphatic carbocycles. The number of rotatable bonds is 7. The molecule has 1 unspecified atom stereocenters. The first-order chi connectivity index (χ1) is 9.95.